The van der Waals surface area contributed by atoms with Gasteiger partial charge < -0.3 is 10.6 Å². The second kappa shape index (κ2) is 10.1. The third-order valence-corrected chi connectivity index (χ3v) is 6.50. The molecule has 3 heterocycles. The van der Waals surface area contributed by atoms with Crippen molar-refractivity contribution >= 4 is 11.9 Å². The lowest BCUT2D eigenvalue weighted by atomic mass is 9.92. The van der Waals surface area contributed by atoms with Crippen LogP contribution in [0.1, 0.15) is 64.6 Å². The van der Waals surface area contributed by atoms with Crippen LogP contribution in [0.4, 0.5) is 5.95 Å². The van der Waals surface area contributed by atoms with E-state index in [1.807, 2.05) is 24.8 Å². The molecule has 0 bridgehead atoms. The van der Waals surface area contributed by atoms with Crippen molar-refractivity contribution in [3.8, 4) is 0 Å². The van der Waals surface area contributed by atoms with Crippen LogP contribution in [0.15, 0.2) is 42.5 Å². The Hall–Kier alpha value is -3.28. The van der Waals surface area contributed by atoms with Crippen molar-refractivity contribution in [2.45, 2.75) is 58.8 Å². The van der Waals surface area contributed by atoms with Gasteiger partial charge in [0.2, 0.25) is 11.9 Å². The second-order valence-corrected chi connectivity index (χ2v) is 9.11. The van der Waals surface area contributed by atoms with E-state index in [0.717, 1.165) is 60.7 Å². The molecule has 0 saturated carbocycles. The molecule has 6 nitrogen and oxygen atoms in total. The maximum atomic E-state index is 13.1. The van der Waals surface area contributed by atoms with Gasteiger partial charge in [0, 0.05) is 48.2 Å². The number of aromatic nitrogens is 3. The average molecular weight is 444 g/mol. The number of amides is 1. The summed E-state index contributed by atoms with van der Waals surface area (Å²) in [5.41, 5.74) is 13.2. The first-order chi connectivity index (χ1) is 15.9. The van der Waals surface area contributed by atoms with Crippen LogP contribution in [0.2, 0.25) is 0 Å². The quantitative estimate of drug-likeness (QED) is 0.614. The fourth-order valence-corrected chi connectivity index (χ4v) is 4.87. The molecule has 4 rings (SSSR count). The van der Waals surface area contributed by atoms with Gasteiger partial charge in [-0.1, -0.05) is 30.3 Å². The number of piperidine rings is 1. The van der Waals surface area contributed by atoms with Crippen LogP contribution in [-0.4, -0.2) is 38.8 Å². The summed E-state index contributed by atoms with van der Waals surface area (Å²) in [4.78, 5) is 28.4. The SMILES string of the molecule is Cc1cc(Cc2ccccc2)cc([C@H]2CCCN(C(=O)CCc3c(C)nc(N)nc3C)C2)n1. The second-order valence-electron chi connectivity index (χ2n) is 9.11. The van der Waals surface area contributed by atoms with Gasteiger partial charge in [-0.25, -0.2) is 9.97 Å². The fraction of sp³-hybridized carbons (Fsp3) is 0.407. The number of aryl methyl sites for hydroxylation is 3. The minimum Gasteiger partial charge on any atom is -0.368 e. The summed E-state index contributed by atoms with van der Waals surface area (Å²) in [5, 5.41) is 0. The molecule has 1 amide bonds. The Balaban J connectivity index is 1.42. The lowest BCUT2D eigenvalue weighted by Crippen LogP contribution is -2.39. The lowest BCUT2D eigenvalue weighted by Gasteiger charge is -2.33. The van der Waals surface area contributed by atoms with Crippen molar-refractivity contribution in [1.29, 1.82) is 0 Å². The Bertz CT molecular complexity index is 1110. The van der Waals surface area contributed by atoms with Crippen molar-refractivity contribution < 1.29 is 4.79 Å². The van der Waals surface area contributed by atoms with Crippen molar-refractivity contribution in [2.75, 3.05) is 18.8 Å². The molecule has 6 heteroatoms. The van der Waals surface area contributed by atoms with Crippen molar-refractivity contribution in [3.63, 3.8) is 0 Å². The maximum absolute atomic E-state index is 13.1. The van der Waals surface area contributed by atoms with Crippen LogP contribution in [0.3, 0.4) is 0 Å². The Morgan fingerprint density at radius 2 is 1.76 bits per heavy atom. The van der Waals surface area contributed by atoms with Crippen molar-refractivity contribution in [1.82, 2.24) is 19.9 Å². The van der Waals surface area contributed by atoms with Gasteiger partial charge in [0.05, 0.1) is 0 Å². The van der Waals surface area contributed by atoms with Gasteiger partial charge in [0.15, 0.2) is 0 Å². The summed E-state index contributed by atoms with van der Waals surface area (Å²) in [6, 6.07) is 14.9. The molecule has 2 aromatic heterocycles. The topological polar surface area (TPSA) is 85.0 Å². The number of carbonyl (C=O) groups is 1. The van der Waals surface area contributed by atoms with Gasteiger partial charge in [-0.2, -0.15) is 0 Å². The minimum absolute atomic E-state index is 0.187. The average Bonchev–Trinajstić information content (AvgIpc) is 2.78. The van der Waals surface area contributed by atoms with E-state index in [1.165, 1.54) is 11.1 Å². The zero-order chi connectivity index (χ0) is 23.4. The van der Waals surface area contributed by atoms with Crippen LogP contribution < -0.4 is 5.73 Å². The molecule has 172 valence electrons. The number of carbonyl (C=O) groups excluding carboxylic acids is 1. The predicted molar refractivity (Wildman–Crippen MR) is 131 cm³/mol. The molecule has 3 aromatic rings. The Labute approximate surface area is 196 Å². The first kappa shape index (κ1) is 22.9. The third-order valence-electron chi connectivity index (χ3n) is 6.50. The number of anilines is 1. The molecule has 1 aromatic carbocycles. The van der Waals surface area contributed by atoms with E-state index in [-0.39, 0.29) is 17.8 Å². The predicted octanol–water partition coefficient (Wildman–Crippen LogP) is 4.31. The Kier molecular flexibility index (Phi) is 7.02. The number of rotatable bonds is 6. The molecule has 1 fully saturated rings. The van der Waals surface area contributed by atoms with Crippen molar-refractivity contribution in [2.24, 2.45) is 0 Å². The van der Waals surface area contributed by atoms with E-state index in [2.05, 4.69) is 53.3 Å². The summed E-state index contributed by atoms with van der Waals surface area (Å²) >= 11 is 0. The zero-order valence-electron chi connectivity index (χ0n) is 19.8. The third kappa shape index (κ3) is 5.75. The Morgan fingerprint density at radius 3 is 2.48 bits per heavy atom. The lowest BCUT2D eigenvalue weighted by molar-refractivity contribution is -0.132. The first-order valence-corrected chi connectivity index (χ1v) is 11.8. The summed E-state index contributed by atoms with van der Waals surface area (Å²) in [6.07, 6.45) is 4.07. The van der Waals surface area contributed by atoms with Gasteiger partial charge in [0.25, 0.3) is 0 Å². The molecule has 0 aliphatic carbocycles. The highest BCUT2D eigenvalue weighted by Gasteiger charge is 2.26. The molecule has 1 aliphatic rings. The van der Waals surface area contributed by atoms with Crippen LogP contribution in [0.5, 0.6) is 0 Å². The summed E-state index contributed by atoms with van der Waals surface area (Å²) in [7, 11) is 0. The highest BCUT2D eigenvalue weighted by molar-refractivity contribution is 5.76. The van der Waals surface area contributed by atoms with Gasteiger partial charge in [-0.3, -0.25) is 9.78 Å². The number of nitrogen functional groups attached to an aromatic ring is 1. The standard InChI is InChI=1S/C27H33N5O/c1-18-14-22(15-21-8-5-4-6-9-21)16-25(29-18)23-10-7-13-32(17-23)26(33)12-11-24-19(2)30-27(28)31-20(24)3/h4-6,8-9,14,16,23H,7,10-13,15,17H2,1-3H3,(H2,28,30,31)/t23-/m0/s1. The molecule has 2 N–H and O–H groups in total. The fourth-order valence-electron chi connectivity index (χ4n) is 4.87. The van der Waals surface area contributed by atoms with Crippen LogP contribution in [0.25, 0.3) is 0 Å². The minimum atomic E-state index is 0.187. The molecule has 0 spiro atoms. The van der Waals surface area contributed by atoms with Crippen LogP contribution in [0, 0.1) is 20.8 Å². The first-order valence-electron chi connectivity index (χ1n) is 11.8. The number of pyridine rings is 1. The van der Waals surface area contributed by atoms with Crippen LogP contribution in [-0.2, 0) is 17.6 Å². The summed E-state index contributed by atoms with van der Waals surface area (Å²) in [5.74, 6) is 0.754. The molecule has 1 atom stereocenters. The summed E-state index contributed by atoms with van der Waals surface area (Å²) < 4.78 is 0. The number of benzene rings is 1. The van der Waals surface area contributed by atoms with Crippen molar-refractivity contribution in [3.05, 3.63) is 81.9 Å². The number of likely N-dealkylation sites (tertiary alicyclic amines) is 1. The molecule has 33 heavy (non-hydrogen) atoms. The van der Waals surface area contributed by atoms with E-state index in [9.17, 15) is 4.79 Å². The molecule has 1 aliphatic heterocycles. The molecule has 1 saturated heterocycles. The van der Waals surface area contributed by atoms with Gasteiger partial charge in [-0.15, -0.1) is 0 Å². The highest BCUT2D eigenvalue weighted by atomic mass is 16.2. The normalized spacial score (nSPS) is 16.1. The van der Waals surface area contributed by atoms with Gasteiger partial charge in [0.1, 0.15) is 0 Å². The van der Waals surface area contributed by atoms with Gasteiger partial charge in [-0.05, 0) is 75.3 Å². The number of nitrogens with zero attached hydrogens (tertiary/aromatic N) is 4. The number of hydrogen-bond acceptors (Lipinski definition) is 5. The largest absolute Gasteiger partial charge is 0.368 e. The van der Waals surface area contributed by atoms with E-state index < -0.39 is 0 Å². The number of nitrogens with two attached hydrogens (primary N) is 1. The smallest absolute Gasteiger partial charge is 0.222 e. The summed E-state index contributed by atoms with van der Waals surface area (Å²) in [6.45, 7) is 7.46. The van der Waals surface area contributed by atoms with E-state index in [4.69, 9.17) is 10.7 Å². The van der Waals surface area contributed by atoms with E-state index in [0.29, 0.717) is 12.8 Å². The highest BCUT2D eigenvalue weighted by Crippen LogP contribution is 2.28. The molecule has 0 radical (unpaired) electrons. The van der Waals surface area contributed by atoms with E-state index >= 15 is 0 Å². The Morgan fingerprint density at radius 1 is 1.03 bits per heavy atom. The monoisotopic (exact) mass is 443 g/mol. The van der Waals surface area contributed by atoms with Gasteiger partial charge >= 0.3 is 0 Å². The zero-order valence-corrected chi connectivity index (χ0v) is 19.8. The molecular formula is C27H33N5O. The molecular weight excluding hydrogens is 410 g/mol. The molecule has 0 unspecified atom stereocenters. The van der Waals surface area contributed by atoms with E-state index in [1.54, 1.807) is 0 Å². The maximum Gasteiger partial charge on any atom is 0.222 e. The van der Waals surface area contributed by atoms with Crippen LogP contribution >= 0.6 is 0 Å². The number of hydrogen-bond donors (Lipinski definition) is 1.